The van der Waals surface area contributed by atoms with Gasteiger partial charge < -0.3 is 39.0 Å². The van der Waals surface area contributed by atoms with Crippen LogP contribution in [0, 0.1) is 0 Å². The van der Waals surface area contributed by atoms with Gasteiger partial charge in [0.25, 0.3) is 0 Å². The van der Waals surface area contributed by atoms with E-state index in [1.165, 1.54) is 24.6 Å². The molecule has 3 rings (SSSR count). The van der Waals surface area contributed by atoms with Crippen LogP contribution in [0.15, 0.2) is 12.7 Å². The maximum atomic E-state index is 13.0. The summed E-state index contributed by atoms with van der Waals surface area (Å²) in [6.07, 6.45) is 0.567. The molecule has 0 atom stereocenters. The zero-order valence-electron chi connectivity index (χ0n) is 21.4. The van der Waals surface area contributed by atoms with E-state index < -0.39 is 56.1 Å². The molecule has 1 aliphatic rings. The summed E-state index contributed by atoms with van der Waals surface area (Å²) in [5.41, 5.74) is 5.89. The first kappa shape index (κ1) is 28.6. The first-order valence-electron chi connectivity index (χ1n) is 11.6. The van der Waals surface area contributed by atoms with Gasteiger partial charge in [-0.25, -0.2) is 24.5 Å². The second kappa shape index (κ2) is 10.8. The Bertz CT molecular complexity index is 1150. The quantitative estimate of drug-likeness (QED) is 0.273. The summed E-state index contributed by atoms with van der Waals surface area (Å²) in [4.78, 5) is 59.2. The van der Waals surface area contributed by atoms with Gasteiger partial charge in [-0.3, -0.25) is 9.46 Å². The number of aromatic nitrogens is 4. The number of carbonyl (C=O) groups excluding carboxylic acids is 2. The number of hydrogen-bond donors (Lipinski definition) is 3. The zero-order chi connectivity index (χ0) is 27.6. The molecule has 2 aromatic rings. The van der Waals surface area contributed by atoms with Gasteiger partial charge in [0.2, 0.25) is 0 Å². The number of carbonyl (C=O) groups is 2. The first-order valence-corrected chi connectivity index (χ1v) is 13.2. The third-order valence-corrected chi connectivity index (χ3v) is 7.75. The van der Waals surface area contributed by atoms with Crippen molar-refractivity contribution in [2.75, 3.05) is 26.0 Å². The molecule has 0 radical (unpaired) electrons. The highest BCUT2D eigenvalue weighted by Crippen LogP contribution is 2.58. The number of nitrogen functional groups attached to an aromatic ring is 1. The minimum atomic E-state index is -5.16. The Morgan fingerprint density at radius 3 is 2.11 bits per heavy atom. The minimum Gasteiger partial charge on any atom is -0.432 e. The molecule has 206 valence electrons. The molecule has 1 saturated carbocycles. The van der Waals surface area contributed by atoms with Crippen molar-refractivity contribution >= 4 is 36.9 Å². The van der Waals surface area contributed by atoms with E-state index in [2.05, 4.69) is 15.0 Å². The molecule has 0 unspecified atom stereocenters. The van der Waals surface area contributed by atoms with E-state index in [-0.39, 0.29) is 12.4 Å². The number of ether oxygens (including phenoxy) is 4. The maximum Gasteiger partial charge on any atom is 0.508 e. The van der Waals surface area contributed by atoms with Gasteiger partial charge in [-0.1, -0.05) is 0 Å². The van der Waals surface area contributed by atoms with Crippen LogP contribution in [0.5, 0.6) is 0 Å². The molecular weight excluding hydrogens is 511 g/mol. The SMILES string of the molecule is CC(C)OC(=O)OCC(COC(=O)OC(C)C)(N(C)C1(Cn2cnc3c(N)ncnc32)CC1)P(=O)(O)O. The number of likely N-dealkylation sites (N-methyl/N-ethyl adjacent to an activating group) is 1. The molecule has 15 nitrogen and oxygen atoms in total. The molecule has 0 saturated heterocycles. The van der Waals surface area contributed by atoms with Crippen LogP contribution in [-0.4, -0.2) is 89.8 Å². The van der Waals surface area contributed by atoms with Crippen LogP contribution in [0.3, 0.4) is 0 Å². The highest BCUT2D eigenvalue weighted by molar-refractivity contribution is 7.53. The van der Waals surface area contributed by atoms with Crippen molar-refractivity contribution in [2.24, 2.45) is 0 Å². The number of nitrogens with zero attached hydrogens (tertiary/aromatic N) is 5. The normalized spacial score (nSPS) is 15.3. The lowest BCUT2D eigenvalue weighted by atomic mass is 10.1. The molecule has 0 aliphatic heterocycles. The predicted molar refractivity (Wildman–Crippen MR) is 129 cm³/mol. The van der Waals surface area contributed by atoms with Crippen molar-refractivity contribution in [1.29, 1.82) is 0 Å². The molecule has 2 aromatic heterocycles. The van der Waals surface area contributed by atoms with Gasteiger partial charge in [0.1, 0.15) is 25.1 Å². The molecule has 0 bridgehead atoms. The van der Waals surface area contributed by atoms with Gasteiger partial charge in [0, 0.05) is 12.1 Å². The molecule has 2 heterocycles. The smallest absolute Gasteiger partial charge is 0.432 e. The molecule has 0 spiro atoms. The number of hydrogen-bond acceptors (Lipinski definition) is 12. The van der Waals surface area contributed by atoms with Crippen molar-refractivity contribution in [1.82, 2.24) is 24.4 Å². The largest absolute Gasteiger partial charge is 0.508 e. The van der Waals surface area contributed by atoms with Crippen LogP contribution in [0.2, 0.25) is 0 Å². The Morgan fingerprint density at radius 1 is 1.11 bits per heavy atom. The van der Waals surface area contributed by atoms with E-state index in [9.17, 15) is 23.9 Å². The summed E-state index contributed by atoms with van der Waals surface area (Å²) >= 11 is 0. The number of imidazole rings is 1. The van der Waals surface area contributed by atoms with E-state index in [1.54, 1.807) is 32.3 Å². The van der Waals surface area contributed by atoms with E-state index in [0.29, 0.717) is 24.0 Å². The van der Waals surface area contributed by atoms with Gasteiger partial charge in [0.15, 0.2) is 16.7 Å². The van der Waals surface area contributed by atoms with E-state index in [0.717, 1.165) is 0 Å². The van der Waals surface area contributed by atoms with Gasteiger partial charge >= 0.3 is 19.9 Å². The van der Waals surface area contributed by atoms with Crippen LogP contribution in [0.25, 0.3) is 11.2 Å². The molecule has 16 heteroatoms. The summed E-state index contributed by atoms with van der Waals surface area (Å²) in [5.74, 6) is 0.195. The molecule has 37 heavy (non-hydrogen) atoms. The molecule has 1 fully saturated rings. The summed E-state index contributed by atoms with van der Waals surface area (Å²) in [6.45, 7) is 4.95. The van der Waals surface area contributed by atoms with Crippen molar-refractivity contribution in [3.63, 3.8) is 0 Å². The van der Waals surface area contributed by atoms with Gasteiger partial charge in [-0.05, 0) is 47.6 Å². The Labute approximate surface area is 213 Å². The lowest BCUT2D eigenvalue weighted by Crippen LogP contribution is -2.59. The van der Waals surface area contributed by atoms with Gasteiger partial charge in [0.05, 0.1) is 18.5 Å². The first-order chi connectivity index (χ1) is 17.2. The maximum absolute atomic E-state index is 13.0. The number of nitrogens with two attached hydrogens (primary N) is 1. The molecule has 1 aliphatic carbocycles. The summed E-state index contributed by atoms with van der Waals surface area (Å²) in [5, 5.41) is -2.25. The van der Waals surface area contributed by atoms with Crippen LogP contribution < -0.4 is 5.73 Å². The number of rotatable bonds is 11. The fraction of sp³-hybridized carbons (Fsp3) is 0.667. The summed E-state index contributed by atoms with van der Waals surface area (Å²) < 4.78 is 34.9. The minimum absolute atomic E-state index is 0.195. The van der Waals surface area contributed by atoms with Gasteiger partial charge in [-0.15, -0.1) is 0 Å². The fourth-order valence-electron chi connectivity index (χ4n) is 3.92. The number of anilines is 1. The Hall–Kier alpha value is -3.00. The lowest BCUT2D eigenvalue weighted by molar-refractivity contribution is -0.0433. The lowest BCUT2D eigenvalue weighted by Gasteiger charge is -2.44. The van der Waals surface area contributed by atoms with Crippen molar-refractivity contribution in [2.45, 2.75) is 70.1 Å². The van der Waals surface area contributed by atoms with Crippen LogP contribution >= 0.6 is 7.60 Å². The molecule has 0 aromatic carbocycles. The summed E-state index contributed by atoms with van der Waals surface area (Å²) in [6, 6.07) is 0. The molecule has 0 amide bonds. The van der Waals surface area contributed by atoms with E-state index >= 15 is 0 Å². The van der Waals surface area contributed by atoms with Crippen molar-refractivity contribution in [3.8, 4) is 0 Å². The second-order valence-electron chi connectivity index (χ2n) is 9.52. The highest BCUT2D eigenvalue weighted by Gasteiger charge is 2.62. The Balaban J connectivity index is 1.95. The third kappa shape index (κ3) is 6.29. The standard InChI is InChI=1S/C21H33N6O9P/c1-13(2)35-18(28)33-9-21(37(30,31)32,10-34-19(29)36-14(3)4)26(5)20(6-7-20)8-27-12-25-15-16(22)23-11-24-17(15)27/h11-14H,6-10H2,1-5H3,(H2,22,23,24)(H2,30,31,32). The van der Waals surface area contributed by atoms with Crippen LogP contribution in [-0.2, 0) is 30.1 Å². The zero-order valence-corrected chi connectivity index (χ0v) is 22.3. The summed E-state index contributed by atoms with van der Waals surface area (Å²) in [7, 11) is -3.68. The average molecular weight is 545 g/mol. The Morgan fingerprint density at radius 2 is 1.65 bits per heavy atom. The highest BCUT2D eigenvalue weighted by atomic mass is 31.2. The van der Waals surface area contributed by atoms with E-state index in [4.69, 9.17) is 24.7 Å². The van der Waals surface area contributed by atoms with Crippen LogP contribution in [0.4, 0.5) is 15.4 Å². The Kier molecular flexibility index (Phi) is 8.32. The van der Waals surface area contributed by atoms with E-state index in [1.807, 2.05) is 0 Å². The average Bonchev–Trinajstić information content (AvgIpc) is 3.44. The van der Waals surface area contributed by atoms with Crippen molar-refractivity contribution < 1.29 is 42.9 Å². The predicted octanol–water partition coefficient (Wildman–Crippen LogP) is 1.87. The van der Waals surface area contributed by atoms with Crippen molar-refractivity contribution in [3.05, 3.63) is 12.7 Å². The monoisotopic (exact) mass is 544 g/mol. The molecular formula is C21H33N6O9P. The second-order valence-corrected chi connectivity index (χ2v) is 11.4. The van der Waals surface area contributed by atoms with Crippen LogP contribution in [0.1, 0.15) is 40.5 Å². The fourth-order valence-corrected chi connectivity index (χ4v) is 4.99. The van der Waals surface area contributed by atoms with Gasteiger partial charge in [-0.2, -0.15) is 0 Å². The number of fused-ring (bicyclic) bond motifs is 1. The third-order valence-electron chi connectivity index (χ3n) is 6.11. The topological polar surface area (TPSA) is 201 Å². The molecule has 4 N–H and O–H groups in total.